The second-order valence-corrected chi connectivity index (χ2v) is 10.4. The quantitative estimate of drug-likeness (QED) is 0.138. The van der Waals surface area contributed by atoms with Gasteiger partial charge >= 0.3 is 11.7 Å². The number of amides is 3. The lowest BCUT2D eigenvalue weighted by molar-refractivity contribution is -0.152. The van der Waals surface area contributed by atoms with Crippen LogP contribution >= 0.6 is 0 Å². The van der Waals surface area contributed by atoms with Gasteiger partial charge < -0.3 is 34.5 Å². The first-order chi connectivity index (χ1) is 21.0. The van der Waals surface area contributed by atoms with Crippen LogP contribution in [0.2, 0.25) is 0 Å². The second-order valence-electron chi connectivity index (χ2n) is 10.4. The maximum absolute atomic E-state index is 13.5. The molecule has 17 nitrogen and oxygen atoms in total. The van der Waals surface area contributed by atoms with Crippen molar-refractivity contribution >= 4 is 23.7 Å². The van der Waals surface area contributed by atoms with Crippen molar-refractivity contribution in [3.63, 3.8) is 0 Å². The Morgan fingerprint density at radius 1 is 1.00 bits per heavy atom. The normalized spacial score (nSPS) is 29.4. The third-order valence-electron chi connectivity index (χ3n) is 8.05. The number of nitrogens with one attached hydrogen (secondary N) is 3. The first-order valence-corrected chi connectivity index (χ1v) is 13.5. The first kappa shape index (κ1) is 30.9. The molecule has 1 aromatic heterocycles. The summed E-state index contributed by atoms with van der Waals surface area (Å²) in [5, 5.41) is 26.3. The van der Waals surface area contributed by atoms with Crippen molar-refractivity contribution in [2.75, 3.05) is 34.4 Å². The summed E-state index contributed by atoms with van der Waals surface area (Å²) in [4.78, 5) is 78.8. The Morgan fingerprint density at radius 3 is 2.41 bits per heavy atom. The van der Waals surface area contributed by atoms with Gasteiger partial charge in [0.1, 0.15) is 30.9 Å². The number of methoxy groups -OCH3 is 3. The van der Waals surface area contributed by atoms with E-state index < -0.39 is 89.9 Å². The third-order valence-corrected chi connectivity index (χ3v) is 8.05. The van der Waals surface area contributed by atoms with Crippen LogP contribution in [0.4, 0.5) is 0 Å². The molecule has 3 amide bonds. The molecule has 5 N–H and O–H groups in total. The van der Waals surface area contributed by atoms with Crippen molar-refractivity contribution in [3.05, 3.63) is 56.9 Å². The van der Waals surface area contributed by atoms with E-state index in [1.807, 2.05) is 4.98 Å². The summed E-state index contributed by atoms with van der Waals surface area (Å²) in [6, 6.07) is 4.06. The number of fused-ring (bicyclic) bond motifs is 1. The van der Waals surface area contributed by atoms with E-state index in [-0.39, 0.29) is 6.54 Å². The molecule has 0 radical (unpaired) electrons. The van der Waals surface area contributed by atoms with Gasteiger partial charge in [-0.25, -0.2) is 4.79 Å². The molecule has 17 heteroatoms. The minimum Gasteiger partial charge on any atom is -0.493 e. The molecule has 3 aliphatic rings. The summed E-state index contributed by atoms with van der Waals surface area (Å²) in [7, 11) is 4.03. The van der Waals surface area contributed by atoms with E-state index in [2.05, 4.69) is 10.6 Å². The van der Waals surface area contributed by atoms with Crippen molar-refractivity contribution in [1.82, 2.24) is 25.1 Å². The standard InChI is InChI=1S/C27H31N5O12/c1-41-12-6-4-5-11(22(12)42-2)18-17(26(39)43-3)16-19(30-18)24(38)32(23(16)37)10-15(34)28-9-13-20(35)21(36)25(44-13)31-8-7-14(33)29-27(31)40/h4-8,13,16-21,25,30,35-36H,9-10H2,1-3H3,(H,28,34)(H,29,33,40)/t13-,16+,17-,18-,19-,20-,21-,25-/m1/s1. The predicted molar refractivity (Wildman–Crippen MR) is 145 cm³/mol. The summed E-state index contributed by atoms with van der Waals surface area (Å²) >= 11 is 0. The largest absolute Gasteiger partial charge is 0.493 e. The molecule has 3 saturated heterocycles. The highest BCUT2D eigenvalue weighted by Crippen LogP contribution is 2.47. The first-order valence-electron chi connectivity index (χ1n) is 13.5. The summed E-state index contributed by atoms with van der Waals surface area (Å²) in [6.45, 7) is -1.04. The molecule has 44 heavy (non-hydrogen) atoms. The number of nitrogens with zero attached hydrogens (tertiary/aromatic N) is 2. The number of ether oxygens (including phenoxy) is 4. The fraction of sp³-hybridized carbons (Fsp3) is 0.481. The van der Waals surface area contributed by atoms with Crippen LogP contribution in [0.25, 0.3) is 0 Å². The van der Waals surface area contributed by atoms with Crippen LogP contribution in [0.1, 0.15) is 17.8 Å². The molecule has 0 saturated carbocycles. The molecule has 3 aliphatic heterocycles. The predicted octanol–water partition coefficient (Wildman–Crippen LogP) is -3.22. The fourth-order valence-electron chi connectivity index (χ4n) is 5.98. The number of H-pyrrole nitrogens is 1. The number of aliphatic hydroxyl groups excluding tert-OH is 2. The lowest BCUT2D eigenvalue weighted by atomic mass is 9.85. The van der Waals surface area contributed by atoms with Crippen molar-refractivity contribution < 1.29 is 48.3 Å². The summed E-state index contributed by atoms with van der Waals surface area (Å²) in [5.41, 5.74) is -1.07. The lowest BCUT2D eigenvalue weighted by Gasteiger charge is -2.25. The Labute approximate surface area is 248 Å². The molecule has 4 heterocycles. The number of benzene rings is 1. The van der Waals surface area contributed by atoms with E-state index >= 15 is 0 Å². The summed E-state index contributed by atoms with van der Waals surface area (Å²) in [6.07, 6.45) is -4.53. The molecule has 3 fully saturated rings. The molecule has 0 aliphatic carbocycles. The van der Waals surface area contributed by atoms with Crippen LogP contribution in [0.15, 0.2) is 40.1 Å². The number of hydrogen-bond donors (Lipinski definition) is 5. The minimum absolute atomic E-state index is 0.312. The molecular formula is C27H31N5O12. The highest BCUT2D eigenvalue weighted by atomic mass is 16.6. The van der Waals surface area contributed by atoms with Gasteiger partial charge in [-0.15, -0.1) is 0 Å². The van der Waals surface area contributed by atoms with Gasteiger partial charge in [0, 0.05) is 24.4 Å². The molecule has 0 unspecified atom stereocenters. The Hall–Kier alpha value is -4.58. The van der Waals surface area contributed by atoms with Gasteiger partial charge in [-0.1, -0.05) is 12.1 Å². The van der Waals surface area contributed by atoms with Gasteiger partial charge in [-0.2, -0.15) is 0 Å². The number of hydrogen-bond acceptors (Lipinski definition) is 13. The Balaban J connectivity index is 1.27. The van der Waals surface area contributed by atoms with Gasteiger partial charge in [-0.3, -0.25) is 43.7 Å². The fourth-order valence-corrected chi connectivity index (χ4v) is 5.98. The molecule has 236 valence electrons. The van der Waals surface area contributed by atoms with E-state index in [4.69, 9.17) is 18.9 Å². The molecule has 5 rings (SSSR count). The second kappa shape index (κ2) is 12.2. The number of esters is 1. The van der Waals surface area contributed by atoms with E-state index in [9.17, 15) is 39.0 Å². The zero-order valence-electron chi connectivity index (χ0n) is 23.8. The van der Waals surface area contributed by atoms with Crippen molar-refractivity contribution in [1.29, 1.82) is 0 Å². The van der Waals surface area contributed by atoms with Crippen LogP contribution in [0, 0.1) is 11.8 Å². The van der Waals surface area contributed by atoms with Gasteiger partial charge in [-0.05, 0) is 6.07 Å². The number of aliphatic hydroxyl groups is 2. The zero-order chi connectivity index (χ0) is 31.9. The molecule has 1 aromatic carbocycles. The molecule has 0 bridgehead atoms. The minimum atomic E-state index is -1.57. The SMILES string of the molecule is COC(=O)[C@@H]1[C@@H]2C(=O)N(CC(=O)NC[C@H]3O[C@@H](n4ccc(=O)[nH]c4=O)[C@H](O)[C@@H]3O)C(=O)[C@@H]2N[C@@H]1c1cccc(OC)c1OC. The highest BCUT2D eigenvalue weighted by molar-refractivity contribution is 6.11. The third kappa shape index (κ3) is 5.23. The monoisotopic (exact) mass is 617 g/mol. The molecule has 2 aromatic rings. The maximum Gasteiger partial charge on any atom is 0.330 e. The van der Waals surface area contributed by atoms with E-state index in [1.54, 1.807) is 18.2 Å². The van der Waals surface area contributed by atoms with Gasteiger partial charge in [0.05, 0.1) is 39.2 Å². The van der Waals surface area contributed by atoms with Crippen molar-refractivity contribution in [3.8, 4) is 11.5 Å². The number of imide groups is 1. The number of rotatable bonds is 9. The number of likely N-dealkylation sites (tertiary alicyclic amines) is 1. The zero-order valence-corrected chi connectivity index (χ0v) is 23.8. The van der Waals surface area contributed by atoms with Gasteiger partial charge in [0.2, 0.25) is 17.7 Å². The lowest BCUT2D eigenvalue weighted by Crippen LogP contribution is -2.47. The smallest absolute Gasteiger partial charge is 0.330 e. The summed E-state index contributed by atoms with van der Waals surface area (Å²) in [5.74, 6) is -4.62. The number of carbonyl (C=O) groups is 4. The van der Waals surface area contributed by atoms with E-state index in [1.165, 1.54) is 14.2 Å². The maximum atomic E-state index is 13.5. The number of para-hydroxylation sites is 1. The number of aromatic amines is 1. The number of aromatic nitrogens is 2. The van der Waals surface area contributed by atoms with E-state index in [0.717, 1.165) is 28.8 Å². The highest BCUT2D eigenvalue weighted by Gasteiger charge is 2.61. The topological polar surface area (TPSA) is 228 Å². The van der Waals surface area contributed by atoms with Crippen LogP contribution in [-0.2, 0) is 28.7 Å². The Bertz CT molecular complexity index is 1590. The van der Waals surface area contributed by atoms with Crippen molar-refractivity contribution in [2.24, 2.45) is 11.8 Å². The average Bonchev–Trinajstić information content (AvgIpc) is 3.61. The van der Waals surface area contributed by atoms with Crippen molar-refractivity contribution in [2.45, 2.75) is 36.6 Å². The van der Waals surface area contributed by atoms with E-state index in [0.29, 0.717) is 17.1 Å². The van der Waals surface area contributed by atoms with Crippen LogP contribution < -0.4 is 31.4 Å². The molecular weight excluding hydrogens is 586 g/mol. The van der Waals surface area contributed by atoms with Crippen LogP contribution in [0.3, 0.4) is 0 Å². The number of carbonyl (C=O) groups excluding carboxylic acids is 4. The van der Waals surface area contributed by atoms with Gasteiger partial charge in [0.25, 0.3) is 5.56 Å². The van der Waals surface area contributed by atoms with Crippen LogP contribution in [-0.4, -0.2) is 107 Å². The molecule has 0 spiro atoms. The Kier molecular flexibility index (Phi) is 8.55. The summed E-state index contributed by atoms with van der Waals surface area (Å²) < 4.78 is 22.3. The van der Waals surface area contributed by atoms with Crippen LogP contribution in [0.5, 0.6) is 11.5 Å². The Morgan fingerprint density at radius 2 is 1.75 bits per heavy atom. The van der Waals surface area contributed by atoms with Gasteiger partial charge in [0.15, 0.2) is 17.7 Å². The molecule has 8 atom stereocenters. The average molecular weight is 618 g/mol.